The van der Waals surface area contributed by atoms with Crippen molar-refractivity contribution in [2.24, 2.45) is 12.8 Å². The molecular weight excluding hydrogens is 434 g/mol. The van der Waals surface area contributed by atoms with Gasteiger partial charge in [0.2, 0.25) is 0 Å². The van der Waals surface area contributed by atoms with Crippen LogP contribution in [-0.4, -0.2) is 36.8 Å². The van der Waals surface area contributed by atoms with Crippen molar-refractivity contribution in [1.82, 2.24) is 29.7 Å². The minimum Gasteiger partial charge on any atom is -0.342 e. The summed E-state index contributed by atoms with van der Waals surface area (Å²) in [6, 6.07) is 13.5. The topological polar surface area (TPSA) is 103 Å². The van der Waals surface area contributed by atoms with Crippen molar-refractivity contribution in [3.63, 3.8) is 0 Å². The normalized spacial score (nSPS) is 12.2. The van der Waals surface area contributed by atoms with Gasteiger partial charge < -0.3 is 11.1 Å². The fourth-order valence-electron chi connectivity index (χ4n) is 3.83. The van der Waals surface area contributed by atoms with Gasteiger partial charge >= 0.3 is 0 Å². The monoisotopic (exact) mass is 457 g/mol. The number of carbonyl (C=O) groups is 1. The molecule has 0 fully saturated rings. The smallest absolute Gasteiger partial charge is 0.280 e. The zero-order valence-electron chi connectivity index (χ0n) is 18.3. The first-order chi connectivity index (χ1) is 16.0. The Hall–Kier alpha value is -3.82. The number of nitrogens with one attached hydrogen (secondary N) is 1. The van der Waals surface area contributed by atoms with Gasteiger partial charge in [0.05, 0.1) is 29.6 Å². The van der Waals surface area contributed by atoms with Gasteiger partial charge in [-0.15, -0.1) is 11.3 Å². The van der Waals surface area contributed by atoms with Crippen LogP contribution in [-0.2, 0) is 7.05 Å². The molecule has 4 heterocycles. The summed E-state index contributed by atoms with van der Waals surface area (Å²) < 4.78 is 3.60. The van der Waals surface area contributed by atoms with Crippen LogP contribution in [0, 0.1) is 6.92 Å². The zero-order chi connectivity index (χ0) is 22.9. The summed E-state index contributed by atoms with van der Waals surface area (Å²) in [6.45, 7) is 2.27. The summed E-state index contributed by atoms with van der Waals surface area (Å²) in [5, 5.41) is 12.2. The molecule has 0 aliphatic carbocycles. The van der Waals surface area contributed by atoms with E-state index in [4.69, 9.17) is 5.73 Å². The molecule has 0 spiro atoms. The molecule has 1 amide bonds. The molecule has 5 rings (SSSR count). The average molecular weight is 458 g/mol. The van der Waals surface area contributed by atoms with Crippen LogP contribution >= 0.6 is 11.3 Å². The van der Waals surface area contributed by atoms with Gasteiger partial charge in [0.25, 0.3) is 5.91 Å². The summed E-state index contributed by atoms with van der Waals surface area (Å²) in [6.07, 6.45) is 7.55. The van der Waals surface area contributed by atoms with Gasteiger partial charge in [-0.1, -0.05) is 36.4 Å². The highest BCUT2D eigenvalue weighted by Crippen LogP contribution is 2.32. The lowest BCUT2D eigenvalue weighted by Crippen LogP contribution is -2.33. The third-order valence-electron chi connectivity index (χ3n) is 5.54. The largest absolute Gasteiger partial charge is 0.342 e. The van der Waals surface area contributed by atoms with Gasteiger partial charge in [0.15, 0.2) is 5.01 Å². The lowest BCUT2D eigenvalue weighted by Gasteiger charge is -2.16. The van der Waals surface area contributed by atoms with Gasteiger partial charge in [0, 0.05) is 47.6 Å². The number of hydrogen-bond donors (Lipinski definition) is 2. The van der Waals surface area contributed by atoms with Crippen LogP contribution in [0.4, 0.5) is 0 Å². The first kappa shape index (κ1) is 21.0. The number of nitrogens with zero attached hydrogens (tertiary/aromatic N) is 5. The average Bonchev–Trinajstić information content (AvgIpc) is 3.55. The standard InChI is InChI=1S/C24H23N7OS/c1-15-22(29-24(33-15)23(32)28-20(10-25)16-6-4-3-5-7-16)19-12-27-31-14-17(8-9-21(19)31)18-11-26-30(2)13-18/h3-9,11-14,20H,10,25H2,1-2H3,(H,28,32). The second kappa shape index (κ2) is 8.61. The molecule has 166 valence electrons. The Morgan fingerprint density at radius 1 is 1.09 bits per heavy atom. The molecule has 0 aliphatic heterocycles. The SMILES string of the molecule is Cc1sc(C(=O)NC(CN)c2ccccc2)nc1-c1cnn2cc(-c3cnn(C)c3)ccc12. The summed E-state index contributed by atoms with van der Waals surface area (Å²) in [7, 11) is 1.89. The number of aromatic nitrogens is 5. The van der Waals surface area contributed by atoms with Crippen molar-refractivity contribution in [2.75, 3.05) is 6.54 Å². The van der Waals surface area contributed by atoms with Crippen LogP contribution in [0.5, 0.6) is 0 Å². The quantitative estimate of drug-likeness (QED) is 0.406. The second-order valence-electron chi connectivity index (χ2n) is 7.80. The number of aryl methyl sites for hydroxylation is 2. The summed E-state index contributed by atoms with van der Waals surface area (Å²) >= 11 is 1.37. The van der Waals surface area contributed by atoms with E-state index in [-0.39, 0.29) is 11.9 Å². The Kier molecular flexibility index (Phi) is 5.49. The molecule has 0 aliphatic rings. The van der Waals surface area contributed by atoms with Crippen LogP contribution in [0.2, 0.25) is 0 Å². The maximum Gasteiger partial charge on any atom is 0.280 e. The zero-order valence-corrected chi connectivity index (χ0v) is 19.1. The predicted octanol–water partition coefficient (Wildman–Crippen LogP) is 3.60. The number of amides is 1. The van der Waals surface area contributed by atoms with Gasteiger partial charge in [-0.25, -0.2) is 9.50 Å². The Morgan fingerprint density at radius 2 is 1.91 bits per heavy atom. The number of nitrogens with two attached hydrogens (primary N) is 1. The van der Waals surface area contributed by atoms with E-state index in [0.29, 0.717) is 11.6 Å². The first-order valence-electron chi connectivity index (χ1n) is 10.5. The maximum absolute atomic E-state index is 12.9. The van der Waals surface area contributed by atoms with E-state index >= 15 is 0 Å². The Bertz CT molecular complexity index is 1430. The first-order valence-corrected chi connectivity index (χ1v) is 11.3. The summed E-state index contributed by atoms with van der Waals surface area (Å²) in [5.74, 6) is -0.232. The molecule has 4 aromatic heterocycles. The molecule has 8 nitrogen and oxygen atoms in total. The van der Waals surface area contributed by atoms with Gasteiger partial charge in [-0.05, 0) is 18.6 Å². The molecular formula is C24H23N7OS. The molecule has 1 aromatic carbocycles. The van der Waals surface area contributed by atoms with Crippen molar-refractivity contribution in [1.29, 1.82) is 0 Å². The van der Waals surface area contributed by atoms with E-state index in [1.54, 1.807) is 10.9 Å². The number of pyridine rings is 1. The van der Waals surface area contributed by atoms with E-state index in [9.17, 15) is 4.79 Å². The maximum atomic E-state index is 12.9. The molecule has 5 aromatic rings. The Labute approximate surface area is 194 Å². The van der Waals surface area contributed by atoms with E-state index in [0.717, 1.165) is 38.3 Å². The van der Waals surface area contributed by atoms with Crippen molar-refractivity contribution < 1.29 is 4.79 Å². The third kappa shape index (κ3) is 4.04. The van der Waals surface area contributed by atoms with Crippen molar-refractivity contribution in [3.05, 3.63) is 82.7 Å². The molecule has 9 heteroatoms. The van der Waals surface area contributed by atoms with E-state index in [1.807, 2.05) is 79.5 Å². The second-order valence-corrected chi connectivity index (χ2v) is 9.01. The number of hydrogen-bond acceptors (Lipinski definition) is 6. The fourth-order valence-corrected chi connectivity index (χ4v) is 4.67. The highest BCUT2D eigenvalue weighted by molar-refractivity contribution is 7.14. The molecule has 0 saturated heterocycles. The van der Waals surface area contributed by atoms with Crippen LogP contribution in [0.15, 0.2) is 67.3 Å². The molecule has 0 radical (unpaired) electrons. The minimum absolute atomic E-state index is 0.232. The van der Waals surface area contributed by atoms with Crippen LogP contribution in [0.3, 0.4) is 0 Å². The number of thiazole rings is 1. The number of fused-ring (bicyclic) bond motifs is 1. The van der Waals surface area contributed by atoms with Crippen LogP contribution < -0.4 is 11.1 Å². The lowest BCUT2D eigenvalue weighted by molar-refractivity contribution is 0.0937. The number of rotatable bonds is 6. The van der Waals surface area contributed by atoms with E-state index in [1.165, 1.54) is 11.3 Å². The highest BCUT2D eigenvalue weighted by atomic mass is 32.1. The fraction of sp³-hybridized carbons (Fsp3) is 0.167. The Balaban J connectivity index is 1.43. The molecule has 0 saturated carbocycles. The van der Waals surface area contributed by atoms with Crippen molar-refractivity contribution in [2.45, 2.75) is 13.0 Å². The minimum atomic E-state index is -0.269. The number of benzene rings is 1. The summed E-state index contributed by atoms with van der Waals surface area (Å²) in [4.78, 5) is 18.6. The Morgan fingerprint density at radius 3 is 2.64 bits per heavy atom. The van der Waals surface area contributed by atoms with Crippen LogP contribution in [0.1, 0.15) is 26.3 Å². The van der Waals surface area contributed by atoms with Gasteiger partial charge in [-0.3, -0.25) is 9.48 Å². The van der Waals surface area contributed by atoms with Crippen LogP contribution in [0.25, 0.3) is 27.9 Å². The molecule has 0 bridgehead atoms. The molecule has 3 N–H and O–H groups in total. The molecule has 33 heavy (non-hydrogen) atoms. The number of carbonyl (C=O) groups excluding carboxylic acids is 1. The van der Waals surface area contributed by atoms with Gasteiger partial charge in [-0.2, -0.15) is 10.2 Å². The lowest BCUT2D eigenvalue weighted by atomic mass is 10.1. The molecule has 1 unspecified atom stereocenters. The van der Waals surface area contributed by atoms with E-state index < -0.39 is 0 Å². The van der Waals surface area contributed by atoms with E-state index in [2.05, 4.69) is 20.5 Å². The highest BCUT2D eigenvalue weighted by Gasteiger charge is 2.21. The van der Waals surface area contributed by atoms with Crippen molar-refractivity contribution >= 4 is 22.8 Å². The predicted molar refractivity (Wildman–Crippen MR) is 129 cm³/mol. The van der Waals surface area contributed by atoms with Gasteiger partial charge in [0.1, 0.15) is 0 Å². The summed E-state index contributed by atoms with van der Waals surface area (Å²) in [5.41, 5.74) is 11.5. The van der Waals surface area contributed by atoms with Crippen molar-refractivity contribution in [3.8, 4) is 22.4 Å². The third-order valence-corrected chi connectivity index (χ3v) is 6.51. The molecule has 1 atom stereocenters.